The molecule has 2 aromatic heterocycles. The predicted molar refractivity (Wildman–Crippen MR) is 77.6 cm³/mol. The second-order valence-corrected chi connectivity index (χ2v) is 5.23. The van der Waals surface area contributed by atoms with Crippen LogP contribution in [0.2, 0.25) is 0 Å². The van der Waals surface area contributed by atoms with Crippen molar-refractivity contribution in [2.75, 3.05) is 0 Å². The zero-order valence-corrected chi connectivity index (χ0v) is 11.5. The summed E-state index contributed by atoms with van der Waals surface area (Å²) in [7, 11) is 0. The monoisotopic (exact) mass is 300 g/mol. The molecule has 0 radical (unpaired) electrons. The van der Waals surface area contributed by atoms with Crippen molar-refractivity contribution in [2.45, 2.75) is 13.0 Å². The summed E-state index contributed by atoms with van der Waals surface area (Å²) in [5.74, 6) is 0. The molecule has 0 amide bonds. The van der Waals surface area contributed by atoms with Crippen LogP contribution < -0.4 is 0 Å². The van der Waals surface area contributed by atoms with Crippen molar-refractivity contribution in [1.82, 2.24) is 9.55 Å². The molecule has 0 bridgehead atoms. The molecule has 3 heteroatoms. The van der Waals surface area contributed by atoms with E-state index in [4.69, 9.17) is 0 Å². The van der Waals surface area contributed by atoms with E-state index in [0.717, 1.165) is 17.4 Å². The molecular formula is C15H13BrN2. The van der Waals surface area contributed by atoms with Crippen molar-refractivity contribution in [3.8, 4) is 0 Å². The van der Waals surface area contributed by atoms with Crippen molar-refractivity contribution in [2.24, 2.45) is 0 Å². The molecule has 2 heterocycles. The molecule has 0 fully saturated rings. The lowest BCUT2D eigenvalue weighted by atomic mass is 10.2. The van der Waals surface area contributed by atoms with E-state index in [1.54, 1.807) is 0 Å². The first-order valence-corrected chi connectivity index (χ1v) is 6.75. The van der Waals surface area contributed by atoms with Gasteiger partial charge in [-0.05, 0) is 47.7 Å². The fourth-order valence-corrected chi connectivity index (χ4v) is 2.50. The van der Waals surface area contributed by atoms with E-state index in [1.807, 2.05) is 12.4 Å². The van der Waals surface area contributed by atoms with Crippen molar-refractivity contribution < 1.29 is 0 Å². The zero-order chi connectivity index (χ0) is 12.4. The Morgan fingerprint density at radius 3 is 2.72 bits per heavy atom. The van der Waals surface area contributed by atoms with Crippen LogP contribution in [0.25, 0.3) is 10.9 Å². The highest BCUT2D eigenvalue weighted by atomic mass is 79.9. The largest absolute Gasteiger partial charge is 0.347 e. The van der Waals surface area contributed by atoms with Gasteiger partial charge >= 0.3 is 0 Å². The summed E-state index contributed by atoms with van der Waals surface area (Å²) in [5, 5.41) is 1.29. The Balaban J connectivity index is 1.85. The van der Waals surface area contributed by atoms with E-state index < -0.39 is 0 Å². The fourth-order valence-electron chi connectivity index (χ4n) is 2.15. The molecule has 1 aromatic carbocycles. The van der Waals surface area contributed by atoms with Gasteiger partial charge in [0, 0.05) is 35.1 Å². The maximum absolute atomic E-state index is 4.04. The van der Waals surface area contributed by atoms with Gasteiger partial charge in [0.15, 0.2) is 0 Å². The van der Waals surface area contributed by atoms with Crippen LogP contribution in [-0.4, -0.2) is 9.55 Å². The molecule has 3 aromatic rings. The van der Waals surface area contributed by atoms with E-state index in [0.29, 0.717) is 0 Å². The zero-order valence-electron chi connectivity index (χ0n) is 9.88. The van der Waals surface area contributed by atoms with Gasteiger partial charge in [-0.25, -0.2) is 0 Å². The molecule has 0 aliphatic heterocycles. The minimum atomic E-state index is 0.990. The average molecular weight is 301 g/mol. The molecule has 90 valence electrons. The number of aryl methyl sites for hydroxylation is 2. The first-order valence-electron chi connectivity index (χ1n) is 5.96. The standard InChI is InChI=1S/C15H13BrN2/c16-14-2-1-13-6-10-18(15(13)11-14)9-5-12-3-7-17-8-4-12/h1-4,6-8,10-11H,5,9H2. The summed E-state index contributed by atoms with van der Waals surface area (Å²) < 4.78 is 3.42. The molecule has 0 aliphatic carbocycles. The molecule has 0 saturated heterocycles. The highest BCUT2D eigenvalue weighted by Gasteiger charge is 2.01. The van der Waals surface area contributed by atoms with Gasteiger partial charge in [0.1, 0.15) is 0 Å². The Bertz CT molecular complexity index is 659. The number of pyridine rings is 1. The summed E-state index contributed by atoms with van der Waals surface area (Å²) in [5.41, 5.74) is 2.60. The number of rotatable bonds is 3. The van der Waals surface area contributed by atoms with Crippen molar-refractivity contribution >= 4 is 26.8 Å². The number of fused-ring (bicyclic) bond motifs is 1. The molecule has 3 rings (SSSR count). The Kier molecular flexibility index (Phi) is 3.15. The van der Waals surface area contributed by atoms with Crippen LogP contribution in [0.15, 0.2) is 59.5 Å². The number of benzene rings is 1. The smallest absolute Gasteiger partial charge is 0.0491 e. The quantitative estimate of drug-likeness (QED) is 0.714. The molecule has 0 unspecified atom stereocenters. The van der Waals surface area contributed by atoms with Gasteiger partial charge in [-0.15, -0.1) is 0 Å². The second-order valence-electron chi connectivity index (χ2n) is 4.32. The number of aromatic nitrogens is 2. The van der Waals surface area contributed by atoms with Gasteiger partial charge in [-0.2, -0.15) is 0 Å². The summed E-state index contributed by atoms with van der Waals surface area (Å²) in [6.07, 6.45) is 6.87. The number of halogens is 1. The Morgan fingerprint density at radius 1 is 1.06 bits per heavy atom. The Labute approximate surface area is 114 Å². The minimum absolute atomic E-state index is 0.990. The summed E-state index contributed by atoms with van der Waals surface area (Å²) >= 11 is 3.53. The van der Waals surface area contributed by atoms with Crippen LogP contribution in [0.5, 0.6) is 0 Å². The Morgan fingerprint density at radius 2 is 1.89 bits per heavy atom. The van der Waals surface area contributed by atoms with Crippen molar-refractivity contribution in [1.29, 1.82) is 0 Å². The SMILES string of the molecule is Brc1ccc2ccn(CCc3ccncc3)c2c1. The molecule has 2 nitrogen and oxygen atoms in total. The van der Waals surface area contributed by atoms with Crippen LogP contribution in [0, 0.1) is 0 Å². The van der Waals surface area contributed by atoms with Crippen molar-refractivity contribution in [3.63, 3.8) is 0 Å². The third kappa shape index (κ3) is 2.31. The third-order valence-electron chi connectivity index (χ3n) is 3.13. The fraction of sp³-hybridized carbons (Fsp3) is 0.133. The van der Waals surface area contributed by atoms with Gasteiger partial charge < -0.3 is 4.57 Å². The van der Waals surface area contributed by atoms with Crippen molar-refractivity contribution in [3.05, 3.63) is 65.0 Å². The molecule has 0 spiro atoms. The molecule has 0 saturated carbocycles. The highest BCUT2D eigenvalue weighted by molar-refractivity contribution is 9.10. The summed E-state index contributed by atoms with van der Waals surface area (Å²) in [6, 6.07) is 12.7. The van der Waals surface area contributed by atoms with Crippen LogP contribution in [0.1, 0.15) is 5.56 Å². The van der Waals surface area contributed by atoms with Gasteiger partial charge in [-0.3, -0.25) is 4.98 Å². The molecule has 18 heavy (non-hydrogen) atoms. The van der Waals surface area contributed by atoms with Crippen LogP contribution in [0.3, 0.4) is 0 Å². The van der Waals surface area contributed by atoms with Crippen LogP contribution >= 0.6 is 15.9 Å². The van der Waals surface area contributed by atoms with E-state index in [2.05, 4.69) is 68.1 Å². The van der Waals surface area contributed by atoms with Gasteiger partial charge in [-0.1, -0.05) is 22.0 Å². The lowest BCUT2D eigenvalue weighted by Crippen LogP contribution is -1.99. The molecule has 0 N–H and O–H groups in total. The van der Waals surface area contributed by atoms with E-state index in [9.17, 15) is 0 Å². The second kappa shape index (κ2) is 4.94. The summed E-state index contributed by atoms with van der Waals surface area (Å²) in [6.45, 7) is 0.990. The molecule has 0 aliphatic rings. The molecule has 0 atom stereocenters. The topological polar surface area (TPSA) is 17.8 Å². The van der Waals surface area contributed by atoms with Crippen LogP contribution in [-0.2, 0) is 13.0 Å². The van der Waals surface area contributed by atoms with Crippen LogP contribution in [0.4, 0.5) is 0 Å². The van der Waals surface area contributed by atoms with E-state index >= 15 is 0 Å². The van der Waals surface area contributed by atoms with Gasteiger partial charge in [0.2, 0.25) is 0 Å². The number of hydrogen-bond donors (Lipinski definition) is 0. The number of hydrogen-bond acceptors (Lipinski definition) is 1. The first kappa shape index (κ1) is 11.5. The Hall–Kier alpha value is -1.61. The maximum Gasteiger partial charge on any atom is 0.0491 e. The van der Waals surface area contributed by atoms with Gasteiger partial charge in [0.05, 0.1) is 0 Å². The average Bonchev–Trinajstić information content (AvgIpc) is 2.80. The maximum atomic E-state index is 4.04. The highest BCUT2D eigenvalue weighted by Crippen LogP contribution is 2.21. The third-order valence-corrected chi connectivity index (χ3v) is 3.62. The lowest BCUT2D eigenvalue weighted by Gasteiger charge is -2.05. The predicted octanol–water partition coefficient (Wildman–Crippen LogP) is 4.04. The summed E-state index contributed by atoms with van der Waals surface area (Å²) in [4.78, 5) is 4.04. The first-order chi connectivity index (χ1) is 8.83. The lowest BCUT2D eigenvalue weighted by molar-refractivity contribution is 0.722. The normalized spacial score (nSPS) is 10.9. The number of nitrogens with zero attached hydrogens (tertiary/aromatic N) is 2. The molecular weight excluding hydrogens is 288 g/mol. The van der Waals surface area contributed by atoms with Gasteiger partial charge in [0.25, 0.3) is 0 Å². The van der Waals surface area contributed by atoms with E-state index in [-0.39, 0.29) is 0 Å². The van der Waals surface area contributed by atoms with E-state index in [1.165, 1.54) is 16.5 Å². The minimum Gasteiger partial charge on any atom is -0.347 e.